The summed E-state index contributed by atoms with van der Waals surface area (Å²) < 4.78 is 5.77. The molecule has 0 bridgehead atoms. The van der Waals surface area contributed by atoms with Crippen LogP contribution in [0.1, 0.15) is 23.6 Å². The van der Waals surface area contributed by atoms with Crippen LogP contribution in [-0.4, -0.2) is 19.3 Å². The van der Waals surface area contributed by atoms with Gasteiger partial charge in [-0.15, -0.1) is 0 Å². The largest absolute Gasteiger partial charge is 0.375 e. The number of ether oxygens (including phenoxy) is 1. The van der Waals surface area contributed by atoms with Gasteiger partial charge in [0.15, 0.2) is 0 Å². The first kappa shape index (κ1) is 9.64. The van der Waals surface area contributed by atoms with E-state index in [2.05, 4.69) is 11.4 Å². The van der Waals surface area contributed by atoms with Crippen molar-refractivity contribution in [2.45, 2.75) is 25.0 Å². The molecule has 0 radical (unpaired) electrons. The summed E-state index contributed by atoms with van der Waals surface area (Å²) in [6, 6.07) is 6.48. The highest BCUT2D eigenvalue weighted by Crippen LogP contribution is 2.37. The van der Waals surface area contributed by atoms with Crippen LogP contribution >= 0.6 is 11.6 Å². The molecular formula is C12H14ClNO. The molecular weight excluding hydrogens is 210 g/mol. The Balaban J connectivity index is 2.05. The zero-order valence-corrected chi connectivity index (χ0v) is 9.26. The van der Waals surface area contributed by atoms with E-state index in [9.17, 15) is 0 Å². The van der Waals surface area contributed by atoms with Crippen LogP contribution in [0.15, 0.2) is 18.2 Å². The summed E-state index contributed by atoms with van der Waals surface area (Å²) in [5, 5.41) is 4.38. The molecule has 2 atom stereocenters. The molecule has 1 saturated heterocycles. The first-order valence-electron chi connectivity index (χ1n) is 5.48. The van der Waals surface area contributed by atoms with Crippen molar-refractivity contribution >= 4 is 11.6 Å². The van der Waals surface area contributed by atoms with Gasteiger partial charge in [0, 0.05) is 11.6 Å². The van der Waals surface area contributed by atoms with E-state index in [4.69, 9.17) is 16.3 Å². The van der Waals surface area contributed by atoms with Crippen LogP contribution in [0.2, 0.25) is 5.02 Å². The molecule has 1 aliphatic heterocycles. The number of fused-ring (bicyclic) bond motifs is 3. The molecule has 2 nitrogen and oxygen atoms in total. The minimum atomic E-state index is 0.302. The monoisotopic (exact) mass is 223 g/mol. The second-order valence-corrected chi connectivity index (χ2v) is 4.60. The van der Waals surface area contributed by atoms with Gasteiger partial charge in [0.05, 0.1) is 18.8 Å². The Bertz CT molecular complexity index is 380. The molecule has 0 amide bonds. The number of aryl methyl sites for hydroxylation is 1. The van der Waals surface area contributed by atoms with Crippen molar-refractivity contribution in [1.29, 1.82) is 0 Å². The second kappa shape index (κ2) is 3.78. The standard InChI is InChI=1S/C12H14ClNO/c13-9-3-1-2-8-4-5-10-12(11(8)9)14-6-7-15-10/h1-3,10,12,14H,4-7H2. The lowest BCUT2D eigenvalue weighted by atomic mass is 9.85. The number of nitrogens with one attached hydrogen (secondary N) is 1. The van der Waals surface area contributed by atoms with Gasteiger partial charge in [0.25, 0.3) is 0 Å². The molecule has 1 aromatic rings. The fraction of sp³-hybridized carbons (Fsp3) is 0.500. The number of hydrogen-bond donors (Lipinski definition) is 1. The van der Waals surface area contributed by atoms with Crippen molar-refractivity contribution in [3.05, 3.63) is 34.3 Å². The Morgan fingerprint density at radius 2 is 2.33 bits per heavy atom. The van der Waals surface area contributed by atoms with Gasteiger partial charge in [-0.3, -0.25) is 0 Å². The van der Waals surface area contributed by atoms with Gasteiger partial charge in [-0.2, -0.15) is 0 Å². The molecule has 3 heteroatoms. The van der Waals surface area contributed by atoms with Gasteiger partial charge < -0.3 is 10.1 Å². The van der Waals surface area contributed by atoms with Gasteiger partial charge in [-0.05, 0) is 30.0 Å². The molecule has 0 saturated carbocycles. The summed E-state index contributed by atoms with van der Waals surface area (Å²) in [7, 11) is 0. The number of rotatable bonds is 0. The van der Waals surface area contributed by atoms with Crippen LogP contribution in [0, 0.1) is 0 Å². The summed E-state index contributed by atoms with van der Waals surface area (Å²) in [6.07, 6.45) is 2.50. The number of morpholine rings is 1. The van der Waals surface area contributed by atoms with E-state index in [1.807, 2.05) is 12.1 Å². The predicted molar refractivity (Wildman–Crippen MR) is 60.3 cm³/mol. The van der Waals surface area contributed by atoms with Crippen molar-refractivity contribution in [1.82, 2.24) is 5.32 Å². The average Bonchev–Trinajstić information content (AvgIpc) is 2.29. The lowest BCUT2D eigenvalue weighted by molar-refractivity contribution is -0.0138. The maximum Gasteiger partial charge on any atom is 0.0774 e. The quantitative estimate of drug-likeness (QED) is 0.729. The zero-order chi connectivity index (χ0) is 10.3. The second-order valence-electron chi connectivity index (χ2n) is 4.19. The van der Waals surface area contributed by atoms with Crippen molar-refractivity contribution in [3.8, 4) is 0 Å². The van der Waals surface area contributed by atoms with Crippen molar-refractivity contribution < 1.29 is 4.74 Å². The fourth-order valence-corrected chi connectivity index (χ4v) is 2.95. The molecule has 15 heavy (non-hydrogen) atoms. The lowest BCUT2D eigenvalue weighted by Gasteiger charge is -2.38. The van der Waals surface area contributed by atoms with Gasteiger partial charge >= 0.3 is 0 Å². The van der Waals surface area contributed by atoms with E-state index in [0.29, 0.717) is 12.1 Å². The highest BCUT2D eigenvalue weighted by molar-refractivity contribution is 6.31. The van der Waals surface area contributed by atoms with Gasteiger partial charge in [-0.25, -0.2) is 0 Å². The first-order chi connectivity index (χ1) is 7.36. The molecule has 3 rings (SSSR count). The molecule has 80 valence electrons. The van der Waals surface area contributed by atoms with Crippen LogP contribution in [0.25, 0.3) is 0 Å². The number of benzene rings is 1. The normalized spacial score (nSPS) is 29.4. The van der Waals surface area contributed by atoms with Crippen LogP contribution in [0.4, 0.5) is 0 Å². The highest BCUT2D eigenvalue weighted by Gasteiger charge is 2.33. The predicted octanol–water partition coefficient (Wildman–Crippen LogP) is 2.32. The van der Waals surface area contributed by atoms with Crippen LogP contribution in [0.5, 0.6) is 0 Å². The Labute approximate surface area is 94.6 Å². The third-order valence-corrected chi connectivity index (χ3v) is 3.65. The van der Waals surface area contributed by atoms with Crippen LogP contribution in [-0.2, 0) is 11.2 Å². The Morgan fingerprint density at radius 3 is 3.27 bits per heavy atom. The maximum absolute atomic E-state index is 6.27. The maximum atomic E-state index is 6.27. The Morgan fingerprint density at radius 1 is 1.40 bits per heavy atom. The third-order valence-electron chi connectivity index (χ3n) is 3.32. The summed E-state index contributed by atoms with van der Waals surface area (Å²) in [6.45, 7) is 1.74. The van der Waals surface area contributed by atoms with Gasteiger partial charge in [-0.1, -0.05) is 23.7 Å². The highest BCUT2D eigenvalue weighted by atomic mass is 35.5. The summed E-state index contributed by atoms with van der Waals surface area (Å²) in [5.41, 5.74) is 2.64. The number of halogens is 1. The molecule has 1 aliphatic carbocycles. The minimum Gasteiger partial charge on any atom is -0.375 e. The van der Waals surface area contributed by atoms with Crippen molar-refractivity contribution in [2.75, 3.05) is 13.2 Å². The molecule has 2 aliphatic rings. The molecule has 1 N–H and O–H groups in total. The zero-order valence-electron chi connectivity index (χ0n) is 8.50. The molecule has 0 spiro atoms. The minimum absolute atomic E-state index is 0.302. The molecule has 1 heterocycles. The summed E-state index contributed by atoms with van der Waals surface area (Å²) in [4.78, 5) is 0. The molecule has 0 aromatic heterocycles. The van der Waals surface area contributed by atoms with Crippen molar-refractivity contribution in [2.24, 2.45) is 0 Å². The number of hydrogen-bond acceptors (Lipinski definition) is 2. The van der Waals surface area contributed by atoms with E-state index in [1.54, 1.807) is 0 Å². The van der Waals surface area contributed by atoms with E-state index in [1.165, 1.54) is 11.1 Å². The van der Waals surface area contributed by atoms with Crippen LogP contribution < -0.4 is 5.32 Å². The van der Waals surface area contributed by atoms with E-state index in [0.717, 1.165) is 31.0 Å². The summed E-state index contributed by atoms with van der Waals surface area (Å²) in [5.74, 6) is 0. The van der Waals surface area contributed by atoms with Crippen LogP contribution in [0.3, 0.4) is 0 Å². The van der Waals surface area contributed by atoms with Crippen molar-refractivity contribution in [3.63, 3.8) is 0 Å². The molecule has 2 unspecified atom stereocenters. The van der Waals surface area contributed by atoms with E-state index >= 15 is 0 Å². The first-order valence-corrected chi connectivity index (χ1v) is 5.86. The topological polar surface area (TPSA) is 21.3 Å². The van der Waals surface area contributed by atoms with E-state index in [-0.39, 0.29) is 0 Å². The third kappa shape index (κ3) is 1.57. The van der Waals surface area contributed by atoms with E-state index < -0.39 is 0 Å². The van der Waals surface area contributed by atoms with Gasteiger partial charge in [0.2, 0.25) is 0 Å². The lowest BCUT2D eigenvalue weighted by Crippen LogP contribution is -2.44. The Kier molecular flexibility index (Phi) is 2.43. The smallest absolute Gasteiger partial charge is 0.0774 e. The molecule has 1 fully saturated rings. The summed E-state index contributed by atoms with van der Waals surface area (Å²) >= 11 is 6.27. The van der Waals surface area contributed by atoms with Gasteiger partial charge in [0.1, 0.15) is 0 Å². The average molecular weight is 224 g/mol. The SMILES string of the molecule is Clc1cccc2c1C1NCCOC1CC2. The Hall–Kier alpha value is -0.570. The molecule has 1 aromatic carbocycles. The fourth-order valence-electron chi connectivity index (χ4n) is 2.64.